The number of carbonyl (C=O) groups excluding carboxylic acids is 2. The van der Waals surface area contributed by atoms with E-state index in [9.17, 15) is 14.9 Å². The standard InChI is InChI=1S/C23H19Cl2N3O4S/c1-3-8-32-23(30)20-13(2)27-22(15(11-26)21(20)18-5-4-9-31-18)33-12-19(29)28-14-6-7-16(24)17(25)10-14/h3-7,9-10,21,27H,1,8,12H2,2H3,(H,28,29). The molecule has 1 atom stereocenters. The Morgan fingerprint density at radius 1 is 1.36 bits per heavy atom. The summed E-state index contributed by atoms with van der Waals surface area (Å²) in [5.74, 6) is -1.25. The third-order valence-electron chi connectivity index (χ3n) is 4.58. The number of allylic oxidation sites excluding steroid dienone is 2. The van der Waals surface area contributed by atoms with Gasteiger partial charge >= 0.3 is 5.97 Å². The van der Waals surface area contributed by atoms with E-state index in [0.717, 1.165) is 11.8 Å². The van der Waals surface area contributed by atoms with Gasteiger partial charge in [-0.15, -0.1) is 0 Å². The number of benzene rings is 1. The van der Waals surface area contributed by atoms with Crippen molar-refractivity contribution in [1.82, 2.24) is 5.32 Å². The summed E-state index contributed by atoms with van der Waals surface area (Å²) in [6, 6.07) is 10.3. The molecule has 0 saturated carbocycles. The Kier molecular flexibility index (Phi) is 8.28. The maximum absolute atomic E-state index is 12.7. The second kappa shape index (κ2) is 11.1. The number of rotatable bonds is 8. The molecule has 2 aromatic rings. The molecule has 1 aromatic heterocycles. The second-order valence-electron chi connectivity index (χ2n) is 6.82. The number of nitriles is 1. The van der Waals surface area contributed by atoms with Gasteiger partial charge in [0.2, 0.25) is 5.91 Å². The maximum atomic E-state index is 12.7. The molecule has 170 valence electrons. The summed E-state index contributed by atoms with van der Waals surface area (Å²) in [6.45, 7) is 5.27. The van der Waals surface area contributed by atoms with Crippen molar-refractivity contribution in [2.24, 2.45) is 0 Å². The molecule has 0 saturated heterocycles. The van der Waals surface area contributed by atoms with Gasteiger partial charge in [-0.05, 0) is 37.3 Å². The van der Waals surface area contributed by atoms with Crippen LogP contribution in [0.5, 0.6) is 0 Å². The van der Waals surface area contributed by atoms with Crippen molar-refractivity contribution in [3.63, 3.8) is 0 Å². The fourth-order valence-corrected chi connectivity index (χ4v) is 4.35. The molecule has 7 nitrogen and oxygen atoms in total. The smallest absolute Gasteiger partial charge is 0.337 e. The van der Waals surface area contributed by atoms with Crippen LogP contribution < -0.4 is 10.6 Å². The molecular formula is C23H19Cl2N3O4S. The third kappa shape index (κ3) is 5.82. The Hall–Kier alpha value is -3.12. The predicted molar refractivity (Wildman–Crippen MR) is 129 cm³/mol. The first-order chi connectivity index (χ1) is 15.8. The van der Waals surface area contributed by atoms with Gasteiger partial charge in [0.05, 0.1) is 50.2 Å². The molecule has 0 fully saturated rings. The molecule has 1 aromatic carbocycles. The minimum Gasteiger partial charge on any atom is -0.468 e. The van der Waals surface area contributed by atoms with Crippen molar-refractivity contribution in [2.75, 3.05) is 17.7 Å². The number of ether oxygens (including phenoxy) is 1. The van der Waals surface area contributed by atoms with Crippen molar-refractivity contribution in [3.8, 4) is 6.07 Å². The van der Waals surface area contributed by atoms with Gasteiger partial charge < -0.3 is 19.8 Å². The molecule has 10 heteroatoms. The van der Waals surface area contributed by atoms with Crippen LogP contribution in [0.3, 0.4) is 0 Å². The Bertz CT molecular complexity index is 1180. The zero-order chi connectivity index (χ0) is 24.0. The van der Waals surface area contributed by atoms with Crippen molar-refractivity contribution in [2.45, 2.75) is 12.8 Å². The van der Waals surface area contributed by atoms with Gasteiger partial charge in [-0.3, -0.25) is 4.79 Å². The van der Waals surface area contributed by atoms with Crippen LogP contribution in [0.25, 0.3) is 0 Å². The molecule has 1 aliphatic rings. The number of esters is 1. The minimum absolute atomic E-state index is 0.00214. The van der Waals surface area contributed by atoms with Crippen LogP contribution in [-0.4, -0.2) is 24.2 Å². The highest BCUT2D eigenvalue weighted by molar-refractivity contribution is 8.03. The van der Waals surface area contributed by atoms with Crippen molar-refractivity contribution >= 4 is 52.5 Å². The molecular weight excluding hydrogens is 485 g/mol. The molecule has 2 N–H and O–H groups in total. The Morgan fingerprint density at radius 3 is 2.79 bits per heavy atom. The Labute approximate surface area is 205 Å². The van der Waals surface area contributed by atoms with E-state index in [-0.39, 0.29) is 29.4 Å². The van der Waals surface area contributed by atoms with Gasteiger partial charge in [0, 0.05) is 11.4 Å². The number of thioether (sulfide) groups is 1. The van der Waals surface area contributed by atoms with Crippen molar-refractivity contribution < 1.29 is 18.7 Å². The highest BCUT2D eigenvalue weighted by Gasteiger charge is 2.37. The SMILES string of the molecule is C=CCOC(=O)C1=C(C)NC(SCC(=O)Nc2ccc(Cl)c(Cl)c2)=C(C#N)C1c1ccco1. The average Bonchev–Trinajstić information content (AvgIpc) is 3.32. The molecule has 33 heavy (non-hydrogen) atoms. The summed E-state index contributed by atoms with van der Waals surface area (Å²) in [7, 11) is 0. The number of hydrogen-bond acceptors (Lipinski definition) is 7. The van der Waals surface area contributed by atoms with E-state index in [0.29, 0.717) is 32.2 Å². The van der Waals surface area contributed by atoms with E-state index in [1.807, 2.05) is 0 Å². The number of nitrogens with one attached hydrogen (secondary N) is 2. The van der Waals surface area contributed by atoms with Crippen LogP contribution in [0.2, 0.25) is 10.0 Å². The van der Waals surface area contributed by atoms with Gasteiger partial charge in [-0.2, -0.15) is 5.26 Å². The number of amides is 1. The van der Waals surface area contributed by atoms with Gasteiger partial charge in [0.15, 0.2) is 0 Å². The average molecular weight is 504 g/mol. The first-order valence-electron chi connectivity index (χ1n) is 9.66. The molecule has 3 rings (SSSR count). The van der Waals surface area contributed by atoms with Crippen molar-refractivity contribution in [1.29, 1.82) is 5.26 Å². The van der Waals surface area contributed by atoms with E-state index in [1.54, 1.807) is 37.3 Å². The lowest BCUT2D eigenvalue weighted by Gasteiger charge is -2.27. The molecule has 1 aliphatic heterocycles. The van der Waals surface area contributed by atoms with Crippen LogP contribution in [0, 0.1) is 11.3 Å². The van der Waals surface area contributed by atoms with Crippen LogP contribution in [0.1, 0.15) is 18.6 Å². The number of carbonyl (C=O) groups is 2. The zero-order valence-electron chi connectivity index (χ0n) is 17.5. The molecule has 2 heterocycles. The van der Waals surface area contributed by atoms with Gasteiger partial charge in [0.1, 0.15) is 12.4 Å². The first-order valence-corrected chi connectivity index (χ1v) is 11.4. The van der Waals surface area contributed by atoms with Gasteiger partial charge in [-0.1, -0.05) is 47.6 Å². The topological polar surface area (TPSA) is 104 Å². The second-order valence-corrected chi connectivity index (χ2v) is 8.62. The van der Waals surface area contributed by atoms with E-state index < -0.39 is 11.9 Å². The highest BCUT2D eigenvalue weighted by atomic mass is 35.5. The summed E-state index contributed by atoms with van der Waals surface area (Å²) in [5, 5.41) is 16.9. The fourth-order valence-electron chi connectivity index (χ4n) is 3.16. The molecule has 0 bridgehead atoms. The fraction of sp³-hybridized carbons (Fsp3) is 0.174. The van der Waals surface area contributed by atoms with E-state index in [4.69, 9.17) is 32.4 Å². The van der Waals surface area contributed by atoms with Crippen molar-refractivity contribution in [3.05, 3.63) is 86.9 Å². The van der Waals surface area contributed by atoms with Crippen LogP contribution >= 0.6 is 35.0 Å². The molecule has 0 aliphatic carbocycles. The quantitative estimate of drug-likeness (QED) is 0.367. The first kappa shape index (κ1) is 24.5. The number of anilines is 1. The molecule has 1 amide bonds. The van der Waals surface area contributed by atoms with Gasteiger partial charge in [0.25, 0.3) is 0 Å². The summed E-state index contributed by atoms with van der Waals surface area (Å²) in [4.78, 5) is 25.2. The summed E-state index contributed by atoms with van der Waals surface area (Å²) >= 11 is 13.0. The zero-order valence-corrected chi connectivity index (χ0v) is 19.8. The Balaban J connectivity index is 1.83. The third-order valence-corrected chi connectivity index (χ3v) is 6.33. The minimum atomic E-state index is -0.774. The lowest BCUT2D eigenvalue weighted by Crippen LogP contribution is -2.29. The van der Waals surface area contributed by atoms with Crippen LogP contribution in [0.15, 0.2) is 75.5 Å². The molecule has 0 spiro atoms. The number of hydrogen-bond donors (Lipinski definition) is 2. The van der Waals surface area contributed by atoms with E-state index >= 15 is 0 Å². The normalized spacial score (nSPS) is 15.5. The van der Waals surface area contributed by atoms with Crippen LogP contribution in [-0.2, 0) is 14.3 Å². The summed E-state index contributed by atoms with van der Waals surface area (Å²) < 4.78 is 10.7. The lowest BCUT2D eigenvalue weighted by atomic mass is 9.86. The summed E-state index contributed by atoms with van der Waals surface area (Å²) in [5.41, 5.74) is 1.50. The van der Waals surface area contributed by atoms with E-state index in [1.165, 1.54) is 12.3 Å². The number of furan rings is 1. The largest absolute Gasteiger partial charge is 0.468 e. The van der Waals surface area contributed by atoms with Gasteiger partial charge in [-0.25, -0.2) is 4.79 Å². The molecule has 1 unspecified atom stereocenters. The Morgan fingerprint density at radius 2 is 2.15 bits per heavy atom. The predicted octanol–water partition coefficient (Wildman–Crippen LogP) is 5.38. The number of nitrogens with zero attached hydrogens (tertiary/aromatic N) is 1. The number of dihydropyridines is 1. The maximum Gasteiger partial charge on any atom is 0.337 e. The highest BCUT2D eigenvalue weighted by Crippen LogP contribution is 2.41. The van der Waals surface area contributed by atoms with E-state index in [2.05, 4.69) is 23.3 Å². The van der Waals surface area contributed by atoms with Crippen LogP contribution in [0.4, 0.5) is 5.69 Å². The monoisotopic (exact) mass is 503 g/mol. The summed E-state index contributed by atoms with van der Waals surface area (Å²) in [6.07, 6.45) is 2.92. The lowest BCUT2D eigenvalue weighted by molar-refractivity contribution is -0.138. The number of halogens is 2. The molecule has 0 radical (unpaired) electrons.